The van der Waals surface area contributed by atoms with Crippen molar-refractivity contribution in [2.75, 3.05) is 26.2 Å². The summed E-state index contributed by atoms with van der Waals surface area (Å²) in [6.07, 6.45) is 3.08. The predicted octanol–water partition coefficient (Wildman–Crippen LogP) is 6.13. The zero-order valence-electron chi connectivity index (χ0n) is 21.9. The van der Waals surface area contributed by atoms with E-state index in [9.17, 15) is 14.7 Å². The van der Waals surface area contributed by atoms with E-state index in [0.717, 1.165) is 49.9 Å². The first kappa shape index (κ1) is 26.1. The van der Waals surface area contributed by atoms with Crippen LogP contribution < -0.4 is 10.1 Å². The number of rotatable bonds is 10. The highest BCUT2D eigenvalue weighted by Crippen LogP contribution is 2.44. The lowest BCUT2D eigenvalue weighted by Gasteiger charge is -2.20. The number of carbonyl (C=O) groups is 2. The molecule has 0 fully saturated rings. The predicted molar refractivity (Wildman–Crippen MR) is 151 cm³/mol. The number of halogens is 1. The average molecular weight is 534 g/mol. The molecule has 2 heterocycles. The second-order valence-corrected chi connectivity index (χ2v) is 10.2. The lowest BCUT2D eigenvalue weighted by Crippen LogP contribution is -2.27. The highest BCUT2D eigenvalue weighted by Gasteiger charge is 2.34. The van der Waals surface area contributed by atoms with Crippen LogP contribution in [0.25, 0.3) is 32.9 Å². The minimum Gasteiger partial charge on any atom is -0.504 e. The summed E-state index contributed by atoms with van der Waals surface area (Å²) in [6.45, 7) is 7.93. The largest absolute Gasteiger partial charge is 0.504 e. The maximum atomic E-state index is 13.0. The zero-order chi connectivity index (χ0) is 27.0. The molecule has 0 bridgehead atoms. The van der Waals surface area contributed by atoms with Crippen molar-refractivity contribution < 1.29 is 19.4 Å². The van der Waals surface area contributed by atoms with E-state index in [4.69, 9.17) is 16.3 Å². The number of nitrogens with one attached hydrogen (secondary N) is 1. The number of phenols is 1. The molecule has 0 aliphatic carbocycles. The summed E-state index contributed by atoms with van der Waals surface area (Å²) in [7, 11) is 1.90. The minimum absolute atomic E-state index is 0.00219. The summed E-state index contributed by atoms with van der Waals surface area (Å²) in [5.74, 6) is -0.523. The van der Waals surface area contributed by atoms with E-state index in [1.165, 1.54) is 0 Å². The van der Waals surface area contributed by atoms with Gasteiger partial charge in [-0.15, -0.1) is 0 Å². The van der Waals surface area contributed by atoms with E-state index < -0.39 is 11.8 Å². The number of benzene rings is 3. The zero-order valence-corrected chi connectivity index (χ0v) is 22.7. The van der Waals surface area contributed by atoms with Crippen LogP contribution >= 0.6 is 11.6 Å². The van der Waals surface area contributed by atoms with Crippen LogP contribution in [-0.4, -0.2) is 52.6 Å². The molecule has 1 aromatic heterocycles. The van der Waals surface area contributed by atoms with Crippen LogP contribution in [0.3, 0.4) is 0 Å². The van der Waals surface area contributed by atoms with E-state index in [1.807, 2.05) is 35.9 Å². The Morgan fingerprint density at radius 2 is 1.66 bits per heavy atom. The standard InChI is InChI=1S/C30H32ClN3O4/c1-4-11-34(12-5-2)13-8-14-38-25-17-22-20(16-24(25)35)26-23(33(22)3)15-19(18-9-6-7-10-21(18)31)27-28(26)30(37)32-29(27)36/h6-7,9-10,15-17,35H,4-5,8,11-14H2,1-3H3,(H,32,36,37). The number of aromatic nitrogens is 1. The molecule has 2 amide bonds. The highest BCUT2D eigenvalue weighted by molar-refractivity contribution is 6.36. The van der Waals surface area contributed by atoms with Crippen molar-refractivity contribution in [2.45, 2.75) is 33.1 Å². The molecule has 198 valence electrons. The Balaban J connectivity index is 1.56. The lowest BCUT2D eigenvalue weighted by atomic mass is 9.93. The van der Waals surface area contributed by atoms with Gasteiger partial charge in [0.1, 0.15) is 0 Å². The summed E-state index contributed by atoms with van der Waals surface area (Å²) in [4.78, 5) is 28.4. The SMILES string of the molecule is CCCN(CCC)CCCOc1cc2c(cc1O)c1c3c(c(-c4ccccc4Cl)cc1n2C)C(=O)NC3=O. The van der Waals surface area contributed by atoms with Crippen LogP contribution in [0.15, 0.2) is 42.5 Å². The van der Waals surface area contributed by atoms with Gasteiger partial charge in [0.2, 0.25) is 0 Å². The molecule has 3 aromatic carbocycles. The van der Waals surface area contributed by atoms with Gasteiger partial charge in [0.05, 0.1) is 28.8 Å². The Kier molecular flexibility index (Phi) is 7.32. The van der Waals surface area contributed by atoms with Gasteiger partial charge in [-0.25, -0.2) is 0 Å². The van der Waals surface area contributed by atoms with Crippen molar-refractivity contribution in [3.63, 3.8) is 0 Å². The number of amides is 2. The van der Waals surface area contributed by atoms with Crippen LogP contribution in [0, 0.1) is 0 Å². The van der Waals surface area contributed by atoms with Crippen molar-refractivity contribution in [1.29, 1.82) is 0 Å². The Morgan fingerprint density at radius 3 is 2.37 bits per heavy atom. The minimum atomic E-state index is -0.458. The van der Waals surface area contributed by atoms with Gasteiger partial charge in [0.15, 0.2) is 11.5 Å². The quantitative estimate of drug-likeness (QED) is 0.189. The fourth-order valence-electron chi connectivity index (χ4n) is 5.51. The first-order valence-corrected chi connectivity index (χ1v) is 13.5. The fraction of sp³-hybridized carbons (Fsp3) is 0.333. The van der Waals surface area contributed by atoms with Crippen LogP contribution in [-0.2, 0) is 7.05 Å². The summed E-state index contributed by atoms with van der Waals surface area (Å²) >= 11 is 6.49. The summed E-state index contributed by atoms with van der Waals surface area (Å²) in [6, 6.07) is 12.6. The van der Waals surface area contributed by atoms with E-state index in [2.05, 4.69) is 24.1 Å². The number of imide groups is 1. The maximum Gasteiger partial charge on any atom is 0.259 e. The van der Waals surface area contributed by atoms with Crippen LogP contribution in [0.5, 0.6) is 11.5 Å². The molecule has 0 radical (unpaired) electrons. The number of carbonyl (C=O) groups excluding carboxylic acids is 2. The fourth-order valence-corrected chi connectivity index (χ4v) is 5.75. The number of hydrogen-bond acceptors (Lipinski definition) is 5. The molecule has 2 N–H and O–H groups in total. The van der Waals surface area contributed by atoms with Crippen LogP contribution in [0.4, 0.5) is 0 Å². The van der Waals surface area contributed by atoms with Crippen molar-refractivity contribution in [3.8, 4) is 22.6 Å². The van der Waals surface area contributed by atoms with E-state index >= 15 is 0 Å². The molecule has 0 saturated carbocycles. The van der Waals surface area contributed by atoms with Gasteiger partial charge >= 0.3 is 0 Å². The third-order valence-electron chi connectivity index (χ3n) is 7.18. The van der Waals surface area contributed by atoms with Crippen molar-refractivity contribution in [2.24, 2.45) is 7.05 Å². The smallest absolute Gasteiger partial charge is 0.259 e. The molecule has 7 nitrogen and oxygen atoms in total. The Hall–Kier alpha value is -3.55. The van der Waals surface area contributed by atoms with E-state index in [0.29, 0.717) is 50.4 Å². The molecule has 8 heteroatoms. The summed E-state index contributed by atoms with van der Waals surface area (Å²) in [5.41, 5.74) is 3.41. The first-order chi connectivity index (χ1) is 18.3. The van der Waals surface area contributed by atoms with Crippen LogP contribution in [0.1, 0.15) is 53.8 Å². The molecule has 38 heavy (non-hydrogen) atoms. The molecule has 0 spiro atoms. The molecule has 1 aliphatic rings. The number of aryl methyl sites for hydroxylation is 1. The highest BCUT2D eigenvalue weighted by atomic mass is 35.5. The monoisotopic (exact) mass is 533 g/mol. The number of hydrogen-bond donors (Lipinski definition) is 2. The summed E-state index contributed by atoms with van der Waals surface area (Å²) in [5, 5.41) is 15.1. The molecule has 5 rings (SSSR count). The molecule has 0 unspecified atom stereocenters. The second kappa shape index (κ2) is 10.7. The lowest BCUT2D eigenvalue weighted by molar-refractivity contribution is 0.0880. The molecule has 0 saturated heterocycles. The number of aromatic hydroxyl groups is 1. The third kappa shape index (κ3) is 4.50. The van der Waals surface area contributed by atoms with Gasteiger partial charge in [0.25, 0.3) is 11.8 Å². The molecular formula is C30H32ClN3O4. The molecular weight excluding hydrogens is 502 g/mol. The van der Waals surface area contributed by atoms with E-state index in [1.54, 1.807) is 18.2 Å². The second-order valence-electron chi connectivity index (χ2n) is 9.77. The number of nitrogens with zero attached hydrogens (tertiary/aromatic N) is 2. The molecule has 4 aromatic rings. The van der Waals surface area contributed by atoms with Gasteiger partial charge < -0.3 is 19.3 Å². The molecule has 1 aliphatic heterocycles. The number of phenolic OH excluding ortho intramolecular Hbond substituents is 1. The van der Waals surface area contributed by atoms with Gasteiger partial charge in [-0.05, 0) is 56.1 Å². The Bertz CT molecular complexity index is 1550. The van der Waals surface area contributed by atoms with Crippen molar-refractivity contribution >= 4 is 45.2 Å². The van der Waals surface area contributed by atoms with Crippen molar-refractivity contribution in [3.05, 3.63) is 58.6 Å². The Morgan fingerprint density at radius 1 is 0.947 bits per heavy atom. The molecule has 0 atom stereocenters. The summed E-state index contributed by atoms with van der Waals surface area (Å²) < 4.78 is 7.96. The number of fused-ring (bicyclic) bond motifs is 5. The topological polar surface area (TPSA) is 83.8 Å². The number of ether oxygens (including phenoxy) is 1. The van der Waals surface area contributed by atoms with E-state index in [-0.39, 0.29) is 5.75 Å². The normalized spacial score (nSPS) is 13.1. The van der Waals surface area contributed by atoms with Gasteiger partial charge in [-0.2, -0.15) is 0 Å². The first-order valence-electron chi connectivity index (χ1n) is 13.1. The Labute approximate surface area is 226 Å². The van der Waals surface area contributed by atoms with Crippen molar-refractivity contribution in [1.82, 2.24) is 14.8 Å². The van der Waals surface area contributed by atoms with Crippen LogP contribution in [0.2, 0.25) is 5.02 Å². The average Bonchev–Trinajstić information content (AvgIpc) is 3.34. The third-order valence-corrected chi connectivity index (χ3v) is 7.51. The van der Waals surface area contributed by atoms with Gasteiger partial charge in [0, 0.05) is 41.0 Å². The maximum absolute atomic E-state index is 13.0. The van der Waals surface area contributed by atoms with Gasteiger partial charge in [-0.3, -0.25) is 14.9 Å². The van der Waals surface area contributed by atoms with Gasteiger partial charge in [-0.1, -0.05) is 43.6 Å².